The van der Waals surface area contributed by atoms with Crippen LogP contribution in [0, 0.1) is 0 Å². The van der Waals surface area contributed by atoms with Crippen LogP contribution in [0.1, 0.15) is 57.6 Å². The maximum atomic E-state index is 13.3. The average Bonchev–Trinajstić information content (AvgIpc) is 2.85. The van der Waals surface area contributed by atoms with Gasteiger partial charge in [0.15, 0.2) is 0 Å². The third kappa shape index (κ3) is 4.82. The van der Waals surface area contributed by atoms with Crippen molar-refractivity contribution in [1.82, 2.24) is 9.80 Å². The minimum atomic E-state index is -5.98. The Kier molecular flexibility index (Phi) is 7.57. The lowest BCUT2D eigenvalue weighted by Gasteiger charge is -2.34. The molecule has 3 amide bonds. The van der Waals surface area contributed by atoms with E-state index in [1.165, 1.54) is 25.8 Å². The minimum absolute atomic E-state index is 0.0355. The lowest BCUT2D eigenvalue weighted by molar-refractivity contribution is -0.376. The molecule has 2 rings (SSSR count). The molecule has 0 atom stereocenters. The Morgan fingerprint density at radius 3 is 2.03 bits per heavy atom. The van der Waals surface area contributed by atoms with E-state index in [1.54, 1.807) is 13.8 Å². The number of urea groups is 1. The maximum Gasteiger partial charge on any atom is 0.430 e. The van der Waals surface area contributed by atoms with Crippen LogP contribution in [-0.4, -0.2) is 64.9 Å². The third-order valence-electron chi connectivity index (χ3n) is 6.02. The molecule has 192 valence electrons. The first-order valence-corrected chi connectivity index (χ1v) is 10.6. The van der Waals surface area contributed by atoms with Crippen LogP contribution in [0.5, 0.6) is 5.75 Å². The number of alkyl halides is 6. The molecule has 0 aliphatic carbocycles. The summed E-state index contributed by atoms with van der Waals surface area (Å²) >= 11 is 0. The van der Waals surface area contributed by atoms with E-state index in [4.69, 9.17) is 4.74 Å². The zero-order valence-electron chi connectivity index (χ0n) is 19.5. The fourth-order valence-corrected chi connectivity index (χ4v) is 3.64. The van der Waals surface area contributed by atoms with Gasteiger partial charge in [-0.25, -0.2) is 4.79 Å². The summed E-state index contributed by atoms with van der Waals surface area (Å²) in [5, 5.41) is 9.77. The first kappa shape index (κ1) is 27.7. The second-order valence-electron chi connectivity index (χ2n) is 9.02. The summed E-state index contributed by atoms with van der Waals surface area (Å²) in [6.45, 7) is 6.26. The Bertz CT molecular complexity index is 913. The number of ether oxygens (including phenoxy) is 1. The summed E-state index contributed by atoms with van der Waals surface area (Å²) in [5.41, 5.74) is -7.62. The molecular formula is C22H28F6N2O4. The summed E-state index contributed by atoms with van der Waals surface area (Å²) in [6, 6.07) is 2.14. The number of hydrogen-bond donors (Lipinski definition) is 1. The molecule has 34 heavy (non-hydrogen) atoms. The summed E-state index contributed by atoms with van der Waals surface area (Å²) in [4.78, 5) is 27.0. The quantitative estimate of drug-likeness (QED) is 0.313. The van der Waals surface area contributed by atoms with E-state index in [0.717, 1.165) is 17.0 Å². The van der Waals surface area contributed by atoms with Gasteiger partial charge < -0.3 is 14.7 Å². The highest BCUT2D eigenvalue weighted by Crippen LogP contribution is 2.52. The van der Waals surface area contributed by atoms with Crippen LogP contribution < -0.4 is 4.74 Å². The van der Waals surface area contributed by atoms with E-state index in [-0.39, 0.29) is 30.4 Å². The van der Waals surface area contributed by atoms with Gasteiger partial charge in [0.2, 0.25) is 0 Å². The predicted molar refractivity (Wildman–Crippen MR) is 110 cm³/mol. The van der Waals surface area contributed by atoms with Crippen LogP contribution in [0.2, 0.25) is 0 Å². The van der Waals surface area contributed by atoms with Crippen LogP contribution in [-0.2, 0) is 10.4 Å². The number of rotatable bonds is 8. The minimum Gasteiger partial charge on any atom is -0.494 e. The molecule has 1 aliphatic rings. The summed E-state index contributed by atoms with van der Waals surface area (Å²) < 4.78 is 85.4. The lowest BCUT2D eigenvalue weighted by Crippen LogP contribution is -2.54. The van der Waals surface area contributed by atoms with Gasteiger partial charge in [-0.05, 0) is 50.3 Å². The molecule has 1 fully saturated rings. The molecule has 0 saturated carbocycles. The molecule has 1 N–H and O–H groups in total. The second kappa shape index (κ2) is 9.27. The first-order valence-electron chi connectivity index (χ1n) is 10.6. The molecule has 1 heterocycles. The summed E-state index contributed by atoms with van der Waals surface area (Å²) in [7, 11) is 1.53. The topological polar surface area (TPSA) is 70.1 Å². The molecule has 0 aromatic heterocycles. The largest absolute Gasteiger partial charge is 0.494 e. The average molecular weight is 498 g/mol. The maximum absolute atomic E-state index is 13.3. The fourth-order valence-electron chi connectivity index (χ4n) is 3.64. The van der Waals surface area contributed by atoms with E-state index < -0.39 is 41.0 Å². The number of amides is 3. The first-order chi connectivity index (χ1) is 15.4. The molecule has 6 nitrogen and oxygen atoms in total. The van der Waals surface area contributed by atoms with Gasteiger partial charge in [0.25, 0.3) is 11.5 Å². The zero-order chi connectivity index (χ0) is 26.3. The van der Waals surface area contributed by atoms with Crippen molar-refractivity contribution in [3.05, 3.63) is 29.3 Å². The highest BCUT2D eigenvalue weighted by Gasteiger charge is 2.72. The SMILES string of the molecule is CC(C)c1cc(OCCCCN2C(=O)N(C)C(C)(C)C2=O)ccc1C(O)(C(F)(F)F)C(F)(F)F. The van der Waals surface area contributed by atoms with E-state index in [9.17, 15) is 41.0 Å². The Morgan fingerprint density at radius 1 is 1.03 bits per heavy atom. The van der Waals surface area contributed by atoms with Gasteiger partial charge in [-0.1, -0.05) is 19.9 Å². The van der Waals surface area contributed by atoms with Crippen LogP contribution in [0.3, 0.4) is 0 Å². The van der Waals surface area contributed by atoms with Crippen LogP contribution in [0.4, 0.5) is 31.1 Å². The highest BCUT2D eigenvalue weighted by atomic mass is 19.4. The molecule has 12 heteroatoms. The normalized spacial score (nSPS) is 17.2. The molecular weight excluding hydrogens is 470 g/mol. The Morgan fingerprint density at radius 2 is 1.59 bits per heavy atom. The van der Waals surface area contributed by atoms with Gasteiger partial charge in [-0.15, -0.1) is 0 Å². The molecule has 0 spiro atoms. The molecule has 1 aromatic rings. The fraction of sp³-hybridized carbons (Fsp3) is 0.636. The van der Waals surface area contributed by atoms with Gasteiger partial charge in [-0.2, -0.15) is 26.3 Å². The van der Waals surface area contributed by atoms with Crippen molar-refractivity contribution in [3.63, 3.8) is 0 Å². The van der Waals surface area contributed by atoms with Gasteiger partial charge in [0, 0.05) is 19.2 Å². The monoisotopic (exact) mass is 498 g/mol. The third-order valence-corrected chi connectivity index (χ3v) is 6.02. The van der Waals surface area contributed by atoms with Gasteiger partial charge in [0.1, 0.15) is 11.3 Å². The number of aliphatic hydroxyl groups is 1. The number of likely N-dealkylation sites (N-methyl/N-ethyl adjacent to an activating group) is 1. The number of hydrogen-bond acceptors (Lipinski definition) is 4. The molecule has 1 aliphatic heterocycles. The highest BCUT2D eigenvalue weighted by molar-refractivity contribution is 6.06. The zero-order valence-corrected chi connectivity index (χ0v) is 19.5. The van der Waals surface area contributed by atoms with E-state index in [1.807, 2.05) is 0 Å². The van der Waals surface area contributed by atoms with E-state index in [0.29, 0.717) is 18.9 Å². The molecule has 0 radical (unpaired) electrons. The molecule has 0 bridgehead atoms. The molecule has 1 aromatic carbocycles. The molecule has 1 saturated heterocycles. The van der Waals surface area contributed by atoms with Gasteiger partial charge >= 0.3 is 18.4 Å². The predicted octanol–water partition coefficient (Wildman–Crippen LogP) is 4.95. The Labute approximate surface area is 193 Å². The van der Waals surface area contributed by atoms with Crippen LogP contribution >= 0.6 is 0 Å². The van der Waals surface area contributed by atoms with Crippen molar-refractivity contribution in [2.75, 3.05) is 20.2 Å². The van der Waals surface area contributed by atoms with Crippen molar-refractivity contribution in [3.8, 4) is 5.75 Å². The van der Waals surface area contributed by atoms with Crippen molar-refractivity contribution in [1.29, 1.82) is 0 Å². The number of benzene rings is 1. The van der Waals surface area contributed by atoms with E-state index in [2.05, 4.69) is 0 Å². The smallest absolute Gasteiger partial charge is 0.430 e. The molecule has 0 unspecified atom stereocenters. The lowest BCUT2D eigenvalue weighted by atomic mass is 9.84. The Hall–Kier alpha value is -2.50. The number of imide groups is 1. The number of halogens is 6. The van der Waals surface area contributed by atoms with Crippen molar-refractivity contribution < 1.29 is 45.8 Å². The number of carbonyl (C=O) groups excluding carboxylic acids is 2. The Balaban J connectivity index is 2.10. The summed E-state index contributed by atoms with van der Waals surface area (Å²) in [6.07, 6.45) is -11.2. The van der Waals surface area contributed by atoms with Crippen LogP contribution in [0.15, 0.2) is 18.2 Å². The number of unbranched alkanes of at least 4 members (excludes halogenated alkanes) is 1. The van der Waals surface area contributed by atoms with Crippen LogP contribution in [0.25, 0.3) is 0 Å². The van der Waals surface area contributed by atoms with Crippen molar-refractivity contribution in [2.24, 2.45) is 0 Å². The number of carbonyl (C=O) groups is 2. The van der Waals surface area contributed by atoms with Crippen molar-refractivity contribution in [2.45, 2.75) is 69.9 Å². The van der Waals surface area contributed by atoms with E-state index >= 15 is 0 Å². The van der Waals surface area contributed by atoms with Crippen molar-refractivity contribution >= 4 is 11.9 Å². The van der Waals surface area contributed by atoms with Gasteiger partial charge in [0.05, 0.1) is 6.61 Å². The van der Waals surface area contributed by atoms with Gasteiger partial charge in [-0.3, -0.25) is 9.69 Å². The second-order valence-corrected chi connectivity index (χ2v) is 9.02. The summed E-state index contributed by atoms with van der Waals surface area (Å²) in [5.74, 6) is -1.07. The number of nitrogens with zero attached hydrogens (tertiary/aromatic N) is 2. The standard InChI is InChI=1S/C22H28F6N2O4/c1-13(2)15-12-14(8-9-16(15)20(33,21(23,24)25)22(26,27)28)34-11-7-6-10-30-17(31)19(3,4)29(5)18(30)32/h8-9,12-13,33H,6-7,10-11H2,1-5H3.